The van der Waals surface area contributed by atoms with Gasteiger partial charge in [0.05, 0.1) is 12.2 Å². The number of nitrogens with two attached hydrogens (primary N) is 1. The summed E-state index contributed by atoms with van der Waals surface area (Å²) >= 11 is 1.61. The number of thiazole rings is 1. The third-order valence-corrected chi connectivity index (χ3v) is 2.83. The molecule has 2 rings (SSSR count). The van der Waals surface area contributed by atoms with E-state index in [9.17, 15) is 0 Å². The molecule has 0 amide bonds. The second-order valence-corrected chi connectivity index (χ2v) is 5.77. The Balaban J connectivity index is 0.00000162. The summed E-state index contributed by atoms with van der Waals surface area (Å²) in [5, 5.41) is 5.12. The smallest absolute Gasteiger partial charge is 0.193 e. The van der Waals surface area contributed by atoms with Gasteiger partial charge in [0.25, 0.3) is 0 Å². The van der Waals surface area contributed by atoms with Crippen molar-refractivity contribution in [3.63, 3.8) is 0 Å². The summed E-state index contributed by atoms with van der Waals surface area (Å²) in [5.41, 5.74) is 6.64. The summed E-state index contributed by atoms with van der Waals surface area (Å²) < 4.78 is 1.99. The first kappa shape index (κ1) is 15.2. The van der Waals surface area contributed by atoms with Crippen molar-refractivity contribution >= 4 is 46.2 Å². The largest absolute Gasteiger partial charge is 0.370 e. The van der Waals surface area contributed by atoms with Crippen LogP contribution in [0, 0.1) is 0 Å². The molecule has 0 aliphatic rings. The van der Waals surface area contributed by atoms with Gasteiger partial charge >= 0.3 is 0 Å². The third kappa shape index (κ3) is 4.13. The van der Waals surface area contributed by atoms with Gasteiger partial charge in [0, 0.05) is 23.3 Å². The van der Waals surface area contributed by atoms with E-state index in [4.69, 9.17) is 5.73 Å². The maximum Gasteiger partial charge on any atom is 0.193 e. The van der Waals surface area contributed by atoms with Gasteiger partial charge in [-0.25, -0.2) is 9.98 Å². The summed E-state index contributed by atoms with van der Waals surface area (Å²) in [5.74, 6) is 0.453. The van der Waals surface area contributed by atoms with Gasteiger partial charge in [0.15, 0.2) is 10.9 Å². The second kappa shape index (κ2) is 5.87. The van der Waals surface area contributed by atoms with Crippen LogP contribution in [-0.4, -0.2) is 20.9 Å². The number of hydrogen-bond donors (Lipinski definition) is 2. The average Bonchev–Trinajstić information content (AvgIpc) is 2.70. The fourth-order valence-corrected chi connectivity index (χ4v) is 2.16. The summed E-state index contributed by atoms with van der Waals surface area (Å²) in [4.78, 5) is 9.68. The Bertz CT molecular complexity index is 508. The highest BCUT2D eigenvalue weighted by atomic mass is 127. The Kier molecular flexibility index (Phi) is 4.97. The molecule has 0 aliphatic heterocycles. The molecule has 0 unspecified atom stereocenters. The molecule has 2 heterocycles. The summed E-state index contributed by atoms with van der Waals surface area (Å²) in [6.07, 6.45) is 3.96. The molecule has 100 valence electrons. The molecular formula is C11H18IN5S. The van der Waals surface area contributed by atoms with Gasteiger partial charge in [-0.1, -0.05) is 0 Å². The number of nitrogens with one attached hydrogen (secondary N) is 1. The molecule has 0 saturated carbocycles. The van der Waals surface area contributed by atoms with Gasteiger partial charge in [-0.3, -0.25) is 4.40 Å². The fourth-order valence-electron chi connectivity index (χ4n) is 1.44. The van der Waals surface area contributed by atoms with Crippen LogP contribution in [0.2, 0.25) is 0 Å². The highest BCUT2D eigenvalue weighted by Crippen LogP contribution is 2.11. The van der Waals surface area contributed by atoms with Gasteiger partial charge in [0.2, 0.25) is 0 Å². The first-order chi connectivity index (χ1) is 7.94. The molecule has 0 saturated heterocycles. The maximum absolute atomic E-state index is 5.78. The SMILES string of the molecule is CC(C)(C)NC(N)=NCc1cn2ccsc2n1.I. The topological polar surface area (TPSA) is 67.7 Å². The Labute approximate surface area is 128 Å². The molecule has 3 N–H and O–H groups in total. The lowest BCUT2D eigenvalue weighted by molar-refractivity contribution is 0.508. The minimum Gasteiger partial charge on any atom is -0.370 e. The van der Waals surface area contributed by atoms with Crippen molar-refractivity contribution < 1.29 is 0 Å². The van der Waals surface area contributed by atoms with Crippen molar-refractivity contribution in [2.24, 2.45) is 10.7 Å². The van der Waals surface area contributed by atoms with E-state index in [-0.39, 0.29) is 29.5 Å². The summed E-state index contributed by atoms with van der Waals surface area (Å²) in [6, 6.07) is 0. The van der Waals surface area contributed by atoms with Crippen LogP contribution < -0.4 is 11.1 Å². The second-order valence-electron chi connectivity index (χ2n) is 4.90. The number of aliphatic imine (C=N–C) groups is 1. The van der Waals surface area contributed by atoms with Gasteiger partial charge in [-0.05, 0) is 20.8 Å². The van der Waals surface area contributed by atoms with E-state index >= 15 is 0 Å². The van der Waals surface area contributed by atoms with Gasteiger partial charge in [-0.2, -0.15) is 0 Å². The molecule has 0 fully saturated rings. The van der Waals surface area contributed by atoms with E-state index in [0.29, 0.717) is 12.5 Å². The molecule has 0 bridgehead atoms. The third-order valence-electron chi connectivity index (χ3n) is 2.06. The van der Waals surface area contributed by atoms with Crippen LogP contribution in [0.4, 0.5) is 0 Å². The van der Waals surface area contributed by atoms with Crippen LogP contribution in [-0.2, 0) is 6.54 Å². The lowest BCUT2D eigenvalue weighted by Crippen LogP contribution is -2.44. The fraction of sp³-hybridized carbons (Fsp3) is 0.455. The van der Waals surface area contributed by atoms with Crippen molar-refractivity contribution in [1.82, 2.24) is 14.7 Å². The van der Waals surface area contributed by atoms with E-state index in [2.05, 4.69) is 15.3 Å². The predicted octanol–water partition coefficient (Wildman–Crippen LogP) is 2.22. The first-order valence-electron chi connectivity index (χ1n) is 5.43. The van der Waals surface area contributed by atoms with Gasteiger partial charge < -0.3 is 11.1 Å². The molecule has 0 spiro atoms. The minimum atomic E-state index is -0.0673. The quantitative estimate of drug-likeness (QED) is 0.478. The van der Waals surface area contributed by atoms with Crippen LogP contribution in [0.5, 0.6) is 0 Å². The zero-order valence-corrected chi connectivity index (χ0v) is 13.8. The van der Waals surface area contributed by atoms with Gasteiger partial charge in [0.1, 0.15) is 0 Å². The normalized spacial score (nSPS) is 12.5. The molecule has 0 atom stereocenters. The van der Waals surface area contributed by atoms with E-state index in [0.717, 1.165) is 10.7 Å². The van der Waals surface area contributed by atoms with Crippen LogP contribution in [0.1, 0.15) is 26.5 Å². The Hall–Kier alpha value is -0.830. The molecule has 2 aromatic rings. The van der Waals surface area contributed by atoms with E-state index in [1.54, 1.807) is 11.3 Å². The van der Waals surface area contributed by atoms with Crippen molar-refractivity contribution in [2.45, 2.75) is 32.9 Å². The number of guanidine groups is 1. The van der Waals surface area contributed by atoms with Crippen LogP contribution in [0.15, 0.2) is 22.8 Å². The predicted molar refractivity (Wildman–Crippen MR) is 86.7 cm³/mol. The monoisotopic (exact) mass is 379 g/mol. The Morgan fingerprint density at radius 2 is 2.28 bits per heavy atom. The molecule has 0 aromatic carbocycles. The highest BCUT2D eigenvalue weighted by molar-refractivity contribution is 14.0. The Morgan fingerprint density at radius 3 is 2.89 bits per heavy atom. The van der Waals surface area contributed by atoms with Crippen molar-refractivity contribution in [3.05, 3.63) is 23.5 Å². The average molecular weight is 379 g/mol. The summed E-state index contributed by atoms with van der Waals surface area (Å²) in [7, 11) is 0. The zero-order valence-electron chi connectivity index (χ0n) is 10.7. The molecule has 18 heavy (non-hydrogen) atoms. The number of halogens is 1. The molecule has 0 aliphatic carbocycles. The number of aromatic nitrogens is 2. The van der Waals surface area contributed by atoms with Crippen LogP contribution in [0.25, 0.3) is 4.96 Å². The van der Waals surface area contributed by atoms with Crippen molar-refractivity contribution in [3.8, 4) is 0 Å². The van der Waals surface area contributed by atoms with Crippen molar-refractivity contribution in [2.75, 3.05) is 0 Å². The molecule has 5 nitrogen and oxygen atoms in total. The van der Waals surface area contributed by atoms with Crippen LogP contribution >= 0.6 is 35.3 Å². The number of nitrogens with zero attached hydrogens (tertiary/aromatic N) is 3. The van der Waals surface area contributed by atoms with Crippen LogP contribution in [0.3, 0.4) is 0 Å². The number of fused-ring (bicyclic) bond motifs is 1. The van der Waals surface area contributed by atoms with Crippen molar-refractivity contribution in [1.29, 1.82) is 0 Å². The number of hydrogen-bond acceptors (Lipinski definition) is 3. The van der Waals surface area contributed by atoms with Gasteiger partial charge in [-0.15, -0.1) is 35.3 Å². The molecule has 7 heteroatoms. The Morgan fingerprint density at radius 1 is 1.56 bits per heavy atom. The summed E-state index contributed by atoms with van der Waals surface area (Å²) in [6.45, 7) is 6.63. The highest BCUT2D eigenvalue weighted by Gasteiger charge is 2.09. The standard InChI is InChI=1S/C11H17N5S.HI/c1-11(2,3)15-9(12)13-6-8-7-16-4-5-17-10(16)14-8;/h4-5,7H,6H2,1-3H3,(H3,12,13,15);1H. The van der Waals surface area contributed by atoms with E-state index in [1.807, 2.05) is 42.9 Å². The maximum atomic E-state index is 5.78. The lowest BCUT2D eigenvalue weighted by Gasteiger charge is -2.20. The first-order valence-corrected chi connectivity index (χ1v) is 6.31. The minimum absolute atomic E-state index is 0. The molecule has 2 aromatic heterocycles. The number of rotatable bonds is 2. The molecular weight excluding hydrogens is 361 g/mol. The number of imidazole rings is 1. The van der Waals surface area contributed by atoms with E-state index < -0.39 is 0 Å². The van der Waals surface area contributed by atoms with E-state index in [1.165, 1.54) is 0 Å². The molecule has 0 radical (unpaired) electrons. The zero-order chi connectivity index (χ0) is 12.5. The lowest BCUT2D eigenvalue weighted by atomic mass is 10.1.